The third kappa shape index (κ3) is 5.45. The molecule has 2 heterocycles. The Labute approximate surface area is 164 Å². The molecule has 1 aromatic heterocycles. The van der Waals surface area contributed by atoms with Crippen molar-refractivity contribution < 1.29 is 4.79 Å². The van der Waals surface area contributed by atoms with Crippen molar-refractivity contribution in [1.82, 2.24) is 14.9 Å². The van der Waals surface area contributed by atoms with Gasteiger partial charge in [-0.05, 0) is 37.7 Å². The van der Waals surface area contributed by atoms with E-state index in [4.69, 9.17) is 0 Å². The molecule has 1 aliphatic rings. The number of piperidine rings is 1. The number of benzene rings is 1. The number of aromatic nitrogens is 2. The molecular formula is C21H27N3O2S. The molecule has 1 N–H and O–H groups in total. The van der Waals surface area contributed by atoms with Gasteiger partial charge in [-0.15, -0.1) is 0 Å². The number of nitrogens with zero attached hydrogens (tertiary/aromatic N) is 2. The maximum atomic E-state index is 12.5. The van der Waals surface area contributed by atoms with Crippen LogP contribution in [0.2, 0.25) is 0 Å². The largest absolute Gasteiger partial charge is 0.343 e. The summed E-state index contributed by atoms with van der Waals surface area (Å²) in [6.45, 7) is 5.75. The molecule has 0 radical (unpaired) electrons. The van der Waals surface area contributed by atoms with Gasteiger partial charge in [0.1, 0.15) is 0 Å². The molecule has 0 aliphatic carbocycles. The molecule has 0 atom stereocenters. The average Bonchev–Trinajstić information content (AvgIpc) is 2.67. The van der Waals surface area contributed by atoms with Gasteiger partial charge >= 0.3 is 0 Å². The number of nitrogens with one attached hydrogen (secondary N) is 1. The van der Waals surface area contributed by atoms with E-state index in [1.165, 1.54) is 17.3 Å². The highest BCUT2D eigenvalue weighted by atomic mass is 32.2. The maximum Gasteiger partial charge on any atom is 0.254 e. The lowest BCUT2D eigenvalue weighted by Crippen LogP contribution is -2.38. The summed E-state index contributed by atoms with van der Waals surface area (Å²) < 4.78 is 0. The Morgan fingerprint density at radius 1 is 1.26 bits per heavy atom. The second-order valence-electron chi connectivity index (χ2n) is 7.27. The average molecular weight is 386 g/mol. The fourth-order valence-electron chi connectivity index (χ4n) is 3.32. The molecule has 3 rings (SSSR count). The molecular weight excluding hydrogens is 358 g/mol. The van der Waals surface area contributed by atoms with Gasteiger partial charge in [0, 0.05) is 36.5 Å². The Balaban J connectivity index is 1.58. The van der Waals surface area contributed by atoms with Gasteiger partial charge in [-0.1, -0.05) is 49.0 Å². The van der Waals surface area contributed by atoms with Gasteiger partial charge in [0.15, 0.2) is 5.16 Å². The Kier molecular flexibility index (Phi) is 6.72. The zero-order valence-electron chi connectivity index (χ0n) is 16.0. The summed E-state index contributed by atoms with van der Waals surface area (Å²) in [5.41, 5.74) is 2.40. The first-order valence-corrected chi connectivity index (χ1v) is 10.6. The predicted molar refractivity (Wildman–Crippen MR) is 109 cm³/mol. The minimum atomic E-state index is -0.127. The molecule has 2 aromatic rings. The Bertz CT molecular complexity index is 827. The summed E-state index contributed by atoms with van der Waals surface area (Å²) in [4.78, 5) is 34.2. The first-order chi connectivity index (χ1) is 13.0. The molecule has 0 spiro atoms. The molecule has 1 aromatic carbocycles. The molecule has 1 aliphatic heterocycles. The molecule has 0 saturated carbocycles. The zero-order valence-corrected chi connectivity index (χ0v) is 16.8. The van der Waals surface area contributed by atoms with Crippen LogP contribution in [-0.2, 0) is 17.0 Å². The summed E-state index contributed by atoms with van der Waals surface area (Å²) in [5.74, 6) is 1.60. The number of hydrogen-bond donors (Lipinski definition) is 1. The minimum absolute atomic E-state index is 0.127. The second-order valence-corrected chi connectivity index (χ2v) is 8.24. The predicted octanol–water partition coefficient (Wildman–Crippen LogP) is 3.56. The Morgan fingerprint density at radius 2 is 1.96 bits per heavy atom. The van der Waals surface area contributed by atoms with E-state index in [0.717, 1.165) is 37.4 Å². The van der Waals surface area contributed by atoms with Crippen molar-refractivity contribution in [3.05, 3.63) is 57.5 Å². The van der Waals surface area contributed by atoms with Crippen molar-refractivity contribution in [3.63, 3.8) is 0 Å². The highest BCUT2D eigenvalue weighted by Gasteiger charge is 2.20. The van der Waals surface area contributed by atoms with E-state index in [1.807, 2.05) is 30.0 Å². The number of aromatic amines is 1. The number of likely N-dealkylation sites (tertiary alicyclic amines) is 1. The van der Waals surface area contributed by atoms with Crippen molar-refractivity contribution in [2.24, 2.45) is 5.92 Å². The van der Waals surface area contributed by atoms with E-state index in [9.17, 15) is 9.59 Å². The topological polar surface area (TPSA) is 66.1 Å². The van der Waals surface area contributed by atoms with Gasteiger partial charge in [-0.2, -0.15) is 0 Å². The van der Waals surface area contributed by atoms with E-state index < -0.39 is 0 Å². The van der Waals surface area contributed by atoms with Crippen LogP contribution in [0, 0.1) is 12.8 Å². The molecule has 27 heavy (non-hydrogen) atoms. The normalized spacial score (nSPS) is 15.1. The van der Waals surface area contributed by atoms with Crippen molar-refractivity contribution in [2.75, 3.05) is 13.1 Å². The van der Waals surface area contributed by atoms with Gasteiger partial charge in [-0.3, -0.25) is 9.59 Å². The fourth-order valence-corrected chi connectivity index (χ4v) is 4.18. The van der Waals surface area contributed by atoms with Crippen LogP contribution in [0.1, 0.15) is 43.0 Å². The van der Waals surface area contributed by atoms with Crippen LogP contribution in [0.25, 0.3) is 0 Å². The molecule has 5 nitrogen and oxygen atoms in total. The van der Waals surface area contributed by atoms with E-state index in [2.05, 4.69) is 29.0 Å². The summed E-state index contributed by atoms with van der Waals surface area (Å²) in [6.07, 6.45) is 2.96. The van der Waals surface area contributed by atoms with E-state index in [0.29, 0.717) is 29.5 Å². The summed E-state index contributed by atoms with van der Waals surface area (Å²) in [7, 11) is 0. The zero-order chi connectivity index (χ0) is 19.2. The number of rotatable bonds is 6. The van der Waals surface area contributed by atoms with Crippen LogP contribution in [0.4, 0.5) is 0 Å². The second kappa shape index (κ2) is 9.22. The van der Waals surface area contributed by atoms with Gasteiger partial charge < -0.3 is 9.88 Å². The SMILES string of the molecule is Cc1nc(SCc2ccccc2)[nH]c(=O)c1CCC(=O)N1CCC(C)CC1. The fraction of sp³-hybridized carbons (Fsp3) is 0.476. The van der Waals surface area contributed by atoms with Gasteiger partial charge in [-0.25, -0.2) is 4.98 Å². The maximum absolute atomic E-state index is 12.5. The highest BCUT2D eigenvalue weighted by Crippen LogP contribution is 2.20. The summed E-state index contributed by atoms with van der Waals surface area (Å²) in [6, 6.07) is 10.1. The number of carbonyl (C=O) groups is 1. The third-order valence-electron chi connectivity index (χ3n) is 5.14. The van der Waals surface area contributed by atoms with Gasteiger partial charge in [0.25, 0.3) is 5.56 Å². The lowest BCUT2D eigenvalue weighted by Gasteiger charge is -2.30. The monoisotopic (exact) mass is 385 g/mol. The number of H-pyrrole nitrogens is 1. The van der Waals surface area contributed by atoms with E-state index >= 15 is 0 Å². The number of hydrogen-bond acceptors (Lipinski definition) is 4. The Hall–Kier alpha value is -2.08. The molecule has 1 amide bonds. The minimum Gasteiger partial charge on any atom is -0.343 e. The smallest absolute Gasteiger partial charge is 0.254 e. The first-order valence-electron chi connectivity index (χ1n) is 9.57. The van der Waals surface area contributed by atoms with Crippen LogP contribution in [0.3, 0.4) is 0 Å². The molecule has 0 bridgehead atoms. The van der Waals surface area contributed by atoms with Crippen LogP contribution >= 0.6 is 11.8 Å². The van der Waals surface area contributed by atoms with E-state index in [1.54, 1.807) is 0 Å². The molecule has 144 valence electrons. The van der Waals surface area contributed by atoms with Crippen LogP contribution in [-0.4, -0.2) is 33.9 Å². The third-order valence-corrected chi connectivity index (χ3v) is 6.09. The quantitative estimate of drug-likeness (QED) is 0.610. The van der Waals surface area contributed by atoms with Crippen LogP contribution in [0.5, 0.6) is 0 Å². The van der Waals surface area contributed by atoms with Crippen molar-refractivity contribution >= 4 is 17.7 Å². The van der Waals surface area contributed by atoms with Gasteiger partial charge in [0.2, 0.25) is 5.91 Å². The van der Waals surface area contributed by atoms with Crippen molar-refractivity contribution in [1.29, 1.82) is 0 Å². The van der Waals surface area contributed by atoms with Crippen LogP contribution in [0.15, 0.2) is 40.3 Å². The highest BCUT2D eigenvalue weighted by molar-refractivity contribution is 7.98. The molecule has 0 unspecified atom stereocenters. The molecule has 1 saturated heterocycles. The number of amides is 1. The first kappa shape index (κ1) is 19.7. The van der Waals surface area contributed by atoms with Crippen LogP contribution < -0.4 is 5.56 Å². The Morgan fingerprint density at radius 3 is 2.63 bits per heavy atom. The standard InChI is InChI=1S/C21H27N3O2S/c1-15-10-12-24(13-11-15)19(25)9-8-18-16(2)22-21(23-20(18)26)27-14-17-6-4-3-5-7-17/h3-7,15H,8-14H2,1-2H3,(H,22,23,26). The molecule has 1 fully saturated rings. The summed E-state index contributed by atoms with van der Waals surface area (Å²) >= 11 is 1.52. The van der Waals surface area contributed by atoms with Gasteiger partial charge in [0.05, 0.1) is 0 Å². The summed E-state index contributed by atoms with van der Waals surface area (Å²) in [5, 5.41) is 0.626. The number of carbonyl (C=O) groups excluding carboxylic acids is 1. The lowest BCUT2D eigenvalue weighted by molar-refractivity contribution is -0.132. The van der Waals surface area contributed by atoms with Crippen molar-refractivity contribution in [3.8, 4) is 0 Å². The molecule has 6 heteroatoms. The van der Waals surface area contributed by atoms with Crippen molar-refractivity contribution in [2.45, 2.75) is 50.4 Å². The lowest BCUT2D eigenvalue weighted by atomic mass is 9.98. The number of thioether (sulfide) groups is 1. The van der Waals surface area contributed by atoms with E-state index in [-0.39, 0.29) is 11.5 Å². The number of aryl methyl sites for hydroxylation is 1.